The Labute approximate surface area is 105 Å². The molecule has 0 aliphatic heterocycles. The van der Waals surface area contributed by atoms with Gasteiger partial charge in [-0.25, -0.2) is 0 Å². The fraction of sp³-hybridized carbons (Fsp3) is 0.0667. The second kappa shape index (κ2) is 3.94. The number of furan rings is 1. The molecular formula is C15H11ClO. The summed E-state index contributed by atoms with van der Waals surface area (Å²) in [6, 6.07) is 13.9. The Balaban J connectivity index is 2.31. The summed E-state index contributed by atoms with van der Waals surface area (Å²) in [6.45, 7) is 2.08. The molecule has 0 spiro atoms. The quantitative estimate of drug-likeness (QED) is 0.581. The maximum absolute atomic E-state index is 6.05. The summed E-state index contributed by atoms with van der Waals surface area (Å²) in [7, 11) is 0. The Morgan fingerprint density at radius 2 is 1.82 bits per heavy atom. The van der Waals surface area contributed by atoms with Crippen LogP contribution in [0.2, 0.25) is 5.02 Å². The number of para-hydroxylation sites is 1. The van der Waals surface area contributed by atoms with Crippen LogP contribution < -0.4 is 0 Å². The lowest BCUT2D eigenvalue weighted by Gasteiger charge is -2.04. The van der Waals surface area contributed by atoms with Crippen LogP contribution in [0.3, 0.4) is 0 Å². The molecule has 0 aliphatic carbocycles. The summed E-state index contributed by atoms with van der Waals surface area (Å²) in [5.41, 5.74) is 4.32. The molecule has 0 N–H and O–H groups in total. The van der Waals surface area contributed by atoms with Crippen molar-refractivity contribution in [2.45, 2.75) is 6.92 Å². The second-order valence-corrected chi connectivity index (χ2v) is 4.54. The maximum Gasteiger partial charge on any atom is 0.134 e. The highest BCUT2D eigenvalue weighted by molar-refractivity contribution is 6.31. The lowest BCUT2D eigenvalue weighted by atomic mass is 10.0. The van der Waals surface area contributed by atoms with Gasteiger partial charge in [-0.2, -0.15) is 0 Å². The van der Waals surface area contributed by atoms with Crippen LogP contribution in [-0.2, 0) is 0 Å². The van der Waals surface area contributed by atoms with Gasteiger partial charge in [-0.3, -0.25) is 0 Å². The molecule has 0 fully saturated rings. The van der Waals surface area contributed by atoms with Crippen molar-refractivity contribution < 1.29 is 4.42 Å². The van der Waals surface area contributed by atoms with Crippen molar-refractivity contribution in [3.8, 4) is 11.1 Å². The first-order valence-corrected chi connectivity index (χ1v) is 5.86. The van der Waals surface area contributed by atoms with Crippen molar-refractivity contribution in [3.05, 3.63) is 59.3 Å². The lowest BCUT2D eigenvalue weighted by Crippen LogP contribution is -1.81. The molecule has 17 heavy (non-hydrogen) atoms. The molecule has 0 saturated carbocycles. The van der Waals surface area contributed by atoms with Crippen molar-refractivity contribution in [2.24, 2.45) is 0 Å². The Morgan fingerprint density at radius 3 is 2.71 bits per heavy atom. The molecule has 3 aromatic rings. The molecule has 3 rings (SSSR count). The number of rotatable bonds is 1. The third kappa shape index (κ3) is 1.73. The summed E-state index contributed by atoms with van der Waals surface area (Å²) in [4.78, 5) is 0. The minimum absolute atomic E-state index is 0.746. The molecule has 0 saturated heterocycles. The van der Waals surface area contributed by atoms with Gasteiger partial charge in [-0.05, 0) is 36.2 Å². The van der Waals surface area contributed by atoms with E-state index in [1.165, 1.54) is 5.56 Å². The molecule has 0 aliphatic rings. The van der Waals surface area contributed by atoms with Gasteiger partial charge in [0.2, 0.25) is 0 Å². The van der Waals surface area contributed by atoms with Crippen molar-refractivity contribution in [2.75, 3.05) is 0 Å². The average Bonchev–Trinajstić information content (AvgIpc) is 2.76. The largest absolute Gasteiger partial charge is 0.464 e. The van der Waals surface area contributed by atoms with Gasteiger partial charge in [0.15, 0.2) is 0 Å². The van der Waals surface area contributed by atoms with Crippen LogP contribution in [0.5, 0.6) is 0 Å². The molecule has 1 heterocycles. The van der Waals surface area contributed by atoms with Gasteiger partial charge >= 0.3 is 0 Å². The number of halogens is 1. The topological polar surface area (TPSA) is 13.1 Å². The van der Waals surface area contributed by atoms with Crippen molar-refractivity contribution >= 4 is 22.6 Å². The van der Waals surface area contributed by atoms with Crippen LogP contribution in [0.4, 0.5) is 0 Å². The average molecular weight is 243 g/mol. The van der Waals surface area contributed by atoms with E-state index < -0.39 is 0 Å². The Morgan fingerprint density at radius 1 is 1.00 bits per heavy atom. The molecule has 0 bridgehead atoms. The molecule has 0 atom stereocenters. The van der Waals surface area contributed by atoms with E-state index in [2.05, 4.69) is 13.0 Å². The van der Waals surface area contributed by atoms with Gasteiger partial charge in [-0.15, -0.1) is 0 Å². The van der Waals surface area contributed by atoms with Gasteiger partial charge in [0.05, 0.1) is 6.26 Å². The van der Waals surface area contributed by atoms with E-state index in [1.807, 2.05) is 36.4 Å². The number of benzene rings is 2. The van der Waals surface area contributed by atoms with E-state index in [4.69, 9.17) is 16.0 Å². The summed E-state index contributed by atoms with van der Waals surface area (Å²) >= 11 is 6.05. The fourth-order valence-corrected chi connectivity index (χ4v) is 2.24. The van der Waals surface area contributed by atoms with Gasteiger partial charge < -0.3 is 4.42 Å². The summed E-state index contributed by atoms with van der Waals surface area (Å²) in [5, 5.41) is 1.87. The van der Waals surface area contributed by atoms with Crippen molar-refractivity contribution in [1.82, 2.24) is 0 Å². The fourth-order valence-electron chi connectivity index (χ4n) is 2.07. The molecule has 2 aromatic carbocycles. The van der Waals surface area contributed by atoms with Crippen LogP contribution in [0, 0.1) is 6.92 Å². The van der Waals surface area contributed by atoms with Gasteiger partial charge in [0.25, 0.3) is 0 Å². The highest BCUT2D eigenvalue weighted by atomic mass is 35.5. The van der Waals surface area contributed by atoms with Crippen molar-refractivity contribution in [3.63, 3.8) is 0 Å². The predicted molar refractivity (Wildman–Crippen MR) is 71.4 cm³/mol. The molecular weight excluding hydrogens is 232 g/mol. The zero-order chi connectivity index (χ0) is 11.8. The highest BCUT2D eigenvalue weighted by Crippen LogP contribution is 2.33. The minimum Gasteiger partial charge on any atom is -0.464 e. The van der Waals surface area contributed by atoms with E-state index in [9.17, 15) is 0 Å². The molecule has 1 nitrogen and oxygen atoms in total. The molecule has 2 heteroatoms. The SMILES string of the molecule is Cc1ccc(Cl)cc1-c1coc2ccccc12. The first-order chi connectivity index (χ1) is 8.25. The summed E-state index contributed by atoms with van der Waals surface area (Å²) < 4.78 is 5.56. The van der Waals surface area contributed by atoms with Crippen molar-refractivity contribution in [1.29, 1.82) is 0 Å². The van der Waals surface area contributed by atoms with Gasteiger partial charge in [-0.1, -0.05) is 35.9 Å². The molecule has 0 radical (unpaired) electrons. The Bertz CT molecular complexity index is 682. The Kier molecular flexibility index (Phi) is 2.41. The summed E-state index contributed by atoms with van der Waals surface area (Å²) in [6.07, 6.45) is 1.79. The highest BCUT2D eigenvalue weighted by Gasteiger charge is 2.09. The lowest BCUT2D eigenvalue weighted by molar-refractivity contribution is 0.617. The first kappa shape index (κ1) is 10.4. The van der Waals surface area contributed by atoms with E-state index >= 15 is 0 Å². The Hall–Kier alpha value is -1.73. The number of hydrogen-bond acceptors (Lipinski definition) is 1. The number of hydrogen-bond donors (Lipinski definition) is 0. The standard InChI is InChI=1S/C15H11ClO/c1-10-6-7-11(16)8-13(10)14-9-17-15-5-3-2-4-12(14)15/h2-9H,1H3. The van der Waals surface area contributed by atoms with Crippen LogP contribution in [0.25, 0.3) is 22.1 Å². The van der Waals surface area contributed by atoms with E-state index in [0.717, 1.165) is 27.1 Å². The third-order valence-electron chi connectivity index (χ3n) is 2.97. The minimum atomic E-state index is 0.746. The van der Waals surface area contributed by atoms with Crippen LogP contribution >= 0.6 is 11.6 Å². The molecule has 0 amide bonds. The van der Waals surface area contributed by atoms with Gasteiger partial charge in [0, 0.05) is 16.0 Å². The second-order valence-electron chi connectivity index (χ2n) is 4.10. The van der Waals surface area contributed by atoms with Gasteiger partial charge in [0.1, 0.15) is 5.58 Å². The third-order valence-corrected chi connectivity index (χ3v) is 3.21. The van der Waals surface area contributed by atoms with Crippen LogP contribution in [-0.4, -0.2) is 0 Å². The van der Waals surface area contributed by atoms with Crippen LogP contribution in [0.15, 0.2) is 53.1 Å². The maximum atomic E-state index is 6.05. The zero-order valence-corrected chi connectivity index (χ0v) is 10.2. The molecule has 84 valence electrons. The van der Waals surface area contributed by atoms with E-state index in [1.54, 1.807) is 6.26 Å². The van der Waals surface area contributed by atoms with Crippen LogP contribution in [0.1, 0.15) is 5.56 Å². The number of aryl methyl sites for hydroxylation is 1. The number of fused-ring (bicyclic) bond motifs is 1. The molecule has 0 unspecified atom stereocenters. The smallest absolute Gasteiger partial charge is 0.134 e. The summed E-state index contributed by atoms with van der Waals surface area (Å²) in [5.74, 6) is 0. The van der Waals surface area contributed by atoms with E-state index in [0.29, 0.717) is 0 Å². The predicted octanol–water partition coefficient (Wildman–Crippen LogP) is 5.06. The molecule has 1 aromatic heterocycles. The van der Waals surface area contributed by atoms with E-state index in [-0.39, 0.29) is 0 Å². The first-order valence-electron chi connectivity index (χ1n) is 5.48. The zero-order valence-electron chi connectivity index (χ0n) is 9.41. The normalized spacial score (nSPS) is 10.9. The monoisotopic (exact) mass is 242 g/mol.